The second-order valence-corrected chi connectivity index (χ2v) is 5.20. The van der Waals surface area contributed by atoms with Gasteiger partial charge < -0.3 is 15.2 Å². The van der Waals surface area contributed by atoms with Gasteiger partial charge in [0, 0.05) is 31.5 Å². The number of hydrogen-bond acceptors (Lipinski definition) is 6. The Balaban J connectivity index is 1.88. The van der Waals surface area contributed by atoms with E-state index in [9.17, 15) is 0 Å². The van der Waals surface area contributed by atoms with Gasteiger partial charge in [-0.15, -0.1) is 5.10 Å². The summed E-state index contributed by atoms with van der Waals surface area (Å²) in [6.07, 6.45) is 2.08. The van der Waals surface area contributed by atoms with Gasteiger partial charge in [-0.25, -0.2) is 4.68 Å². The highest BCUT2D eigenvalue weighted by molar-refractivity contribution is 5.67. The molecule has 1 fully saturated rings. The van der Waals surface area contributed by atoms with Crippen molar-refractivity contribution in [1.29, 1.82) is 0 Å². The summed E-state index contributed by atoms with van der Waals surface area (Å²) in [5.74, 6) is 1.93. The van der Waals surface area contributed by atoms with Gasteiger partial charge in [0.1, 0.15) is 5.75 Å². The van der Waals surface area contributed by atoms with Crippen LogP contribution in [0.25, 0.3) is 11.4 Å². The zero-order valence-corrected chi connectivity index (χ0v) is 12.0. The Labute approximate surface area is 123 Å². The first-order valence-corrected chi connectivity index (χ1v) is 7.05. The van der Waals surface area contributed by atoms with E-state index in [1.165, 1.54) is 0 Å². The Kier molecular flexibility index (Phi) is 4.01. The largest absolute Gasteiger partial charge is 0.496 e. The molecular weight excluding hydrogens is 270 g/mol. The van der Waals surface area contributed by atoms with Crippen LogP contribution < -0.4 is 10.5 Å². The topological polar surface area (TPSA) is 88.1 Å². The Bertz CT molecular complexity index is 607. The lowest BCUT2D eigenvalue weighted by Crippen LogP contribution is -2.21. The molecule has 0 saturated carbocycles. The maximum absolute atomic E-state index is 5.79. The SMILES string of the molecule is COc1cc(N)ccc1-c1nnnn1CC1CCOCC1. The molecule has 0 atom stereocenters. The van der Waals surface area contributed by atoms with Crippen LogP contribution in [-0.4, -0.2) is 40.5 Å². The number of nitrogens with two attached hydrogens (primary N) is 1. The van der Waals surface area contributed by atoms with Gasteiger partial charge in [0.25, 0.3) is 0 Å². The molecule has 0 spiro atoms. The maximum atomic E-state index is 5.79. The first kappa shape index (κ1) is 13.8. The predicted molar refractivity (Wildman–Crippen MR) is 77.8 cm³/mol. The van der Waals surface area contributed by atoms with E-state index in [0.717, 1.165) is 38.2 Å². The molecule has 0 radical (unpaired) electrons. The molecule has 2 heterocycles. The number of hydrogen-bond donors (Lipinski definition) is 1. The highest BCUT2D eigenvalue weighted by atomic mass is 16.5. The minimum absolute atomic E-state index is 0.542. The second-order valence-electron chi connectivity index (χ2n) is 5.20. The zero-order valence-electron chi connectivity index (χ0n) is 12.0. The first-order valence-electron chi connectivity index (χ1n) is 7.05. The van der Waals surface area contributed by atoms with E-state index in [0.29, 0.717) is 23.2 Å². The molecule has 7 nitrogen and oxygen atoms in total. The maximum Gasteiger partial charge on any atom is 0.185 e. The lowest BCUT2D eigenvalue weighted by atomic mass is 10.0. The lowest BCUT2D eigenvalue weighted by molar-refractivity contribution is 0.0601. The van der Waals surface area contributed by atoms with Crippen molar-refractivity contribution in [3.8, 4) is 17.1 Å². The molecule has 1 saturated heterocycles. The van der Waals surface area contributed by atoms with E-state index in [2.05, 4.69) is 15.5 Å². The summed E-state index contributed by atoms with van der Waals surface area (Å²) >= 11 is 0. The smallest absolute Gasteiger partial charge is 0.185 e. The van der Waals surface area contributed by atoms with E-state index in [-0.39, 0.29) is 0 Å². The molecule has 2 N–H and O–H groups in total. The van der Waals surface area contributed by atoms with Crippen molar-refractivity contribution in [3.63, 3.8) is 0 Å². The van der Waals surface area contributed by atoms with Gasteiger partial charge in [0.15, 0.2) is 5.82 Å². The molecule has 3 rings (SSSR count). The van der Waals surface area contributed by atoms with Crippen LogP contribution in [0.1, 0.15) is 12.8 Å². The monoisotopic (exact) mass is 289 g/mol. The van der Waals surface area contributed by atoms with E-state index < -0.39 is 0 Å². The summed E-state index contributed by atoms with van der Waals surface area (Å²) in [5, 5.41) is 12.1. The molecule has 0 bridgehead atoms. The van der Waals surface area contributed by atoms with Crippen LogP contribution in [0.15, 0.2) is 18.2 Å². The van der Waals surface area contributed by atoms with Crippen LogP contribution in [0.4, 0.5) is 5.69 Å². The van der Waals surface area contributed by atoms with Crippen molar-refractivity contribution in [2.24, 2.45) is 5.92 Å². The average molecular weight is 289 g/mol. The molecule has 0 aliphatic carbocycles. The minimum Gasteiger partial charge on any atom is -0.496 e. The molecular formula is C14H19N5O2. The van der Waals surface area contributed by atoms with Crippen molar-refractivity contribution in [2.75, 3.05) is 26.1 Å². The van der Waals surface area contributed by atoms with Crippen molar-refractivity contribution in [3.05, 3.63) is 18.2 Å². The molecule has 1 aromatic heterocycles. The number of anilines is 1. The molecule has 0 amide bonds. The van der Waals surface area contributed by atoms with Gasteiger partial charge in [-0.1, -0.05) is 0 Å². The summed E-state index contributed by atoms with van der Waals surface area (Å²) in [7, 11) is 1.62. The summed E-state index contributed by atoms with van der Waals surface area (Å²) in [6, 6.07) is 5.49. The third-order valence-electron chi connectivity index (χ3n) is 3.77. The third-order valence-corrected chi connectivity index (χ3v) is 3.77. The van der Waals surface area contributed by atoms with Crippen molar-refractivity contribution in [2.45, 2.75) is 19.4 Å². The first-order chi connectivity index (χ1) is 10.3. The Morgan fingerprint density at radius 1 is 1.38 bits per heavy atom. The van der Waals surface area contributed by atoms with E-state index in [1.807, 2.05) is 16.8 Å². The molecule has 2 aromatic rings. The van der Waals surface area contributed by atoms with Gasteiger partial charge in [-0.3, -0.25) is 0 Å². The van der Waals surface area contributed by atoms with Crippen LogP contribution in [0, 0.1) is 5.92 Å². The number of ether oxygens (including phenoxy) is 2. The highest BCUT2D eigenvalue weighted by Gasteiger charge is 2.19. The van der Waals surface area contributed by atoms with Gasteiger partial charge in [-0.05, 0) is 41.3 Å². The van der Waals surface area contributed by atoms with Crippen molar-refractivity contribution >= 4 is 5.69 Å². The molecule has 0 unspecified atom stereocenters. The number of rotatable bonds is 4. The van der Waals surface area contributed by atoms with Gasteiger partial charge in [0.2, 0.25) is 0 Å². The second kappa shape index (κ2) is 6.09. The summed E-state index contributed by atoms with van der Waals surface area (Å²) in [4.78, 5) is 0. The van der Waals surface area contributed by atoms with Crippen LogP contribution in [0.3, 0.4) is 0 Å². The number of tetrazole rings is 1. The Morgan fingerprint density at radius 2 is 2.19 bits per heavy atom. The van der Waals surface area contributed by atoms with Crippen LogP contribution >= 0.6 is 0 Å². The Hall–Kier alpha value is -2.15. The van der Waals surface area contributed by atoms with Gasteiger partial charge in [0.05, 0.1) is 12.7 Å². The number of methoxy groups -OCH3 is 1. The summed E-state index contributed by atoms with van der Waals surface area (Å²) < 4.78 is 12.6. The van der Waals surface area contributed by atoms with Crippen molar-refractivity contribution < 1.29 is 9.47 Å². The highest BCUT2D eigenvalue weighted by Crippen LogP contribution is 2.30. The minimum atomic E-state index is 0.542. The van der Waals surface area contributed by atoms with E-state index >= 15 is 0 Å². The molecule has 21 heavy (non-hydrogen) atoms. The summed E-state index contributed by atoms with van der Waals surface area (Å²) in [6.45, 7) is 2.42. The summed E-state index contributed by atoms with van der Waals surface area (Å²) in [5.41, 5.74) is 7.29. The number of nitrogen functional groups attached to an aromatic ring is 1. The zero-order chi connectivity index (χ0) is 14.7. The average Bonchev–Trinajstić information content (AvgIpc) is 2.96. The fraction of sp³-hybridized carbons (Fsp3) is 0.500. The Morgan fingerprint density at radius 3 is 2.95 bits per heavy atom. The van der Waals surface area contributed by atoms with Gasteiger partial charge in [-0.2, -0.15) is 0 Å². The standard InChI is InChI=1S/C14H19N5O2/c1-20-13-8-11(15)2-3-12(13)14-16-17-18-19(14)9-10-4-6-21-7-5-10/h2-3,8,10H,4-7,9,15H2,1H3. The van der Waals surface area contributed by atoms with Gasteiger partial charge >= 0.3 is 0 Å². The van der Waals surface area contributed by atoms with Crippen LogP contribution in [0.5, 0.6) is 5.75 Å². The van der Waals surface area contributed by atoms with Crippen LogP contribution in [-0.2, 0) is 11.3 Å². The predicted octanol–water partition coefficient (Wildman–Crippen LogP) is 1.36. The molecule has 7 heteroatoms. The van der Waals surface area contributed by atoms with Crippen molar-refractivity contribution in [1.82, 2.24) is 20.2 Å². The molecule has 1 aromatic carbocycles. The molecule has 1 aliphatic rings. The normalized spacial score (nSPS) is 16.0. The fourth-order valence-electron chi connectivity index (χ4n) is 2.59. The number of benzene rings is 1. The fourth-order valence-corrected chi connectivity index (χ4v) is 2.59. The lowest BCUT2D eigenvalue weighted by Gasteiger charge is -2.22. The van der Waals surface area contributed by atoms with E-state index in [4.69, 9.17) is 15.2 Å². The van der Waals surface area contributed by atoms with E-state index in [1.54, 1.807) is 13.2 Å². The quantitative estimate of drug-likeness (QED) is 0.855. The third kappa shape index (κ3) is 2.97. The number of aromatic nitrogens is 4. The van der Waals surface area contributed by atoms with Crippen LogP contribution in [0.2, 0.25) is 0 Å². The molecule has 1 aliphatic heterocycles. The number of nitrogens with zero attached hydrogens (tertiary/aromatic N) is 4. The molecule has 112 valence electrons.